The monoisotopic (exact) mass is 265 g/mol. The Kier molecular flexibility index (Phi) is 7.47. The Morgan fingerprint density at radius 3 is 2.83 bits per heavy atom. The normalized spacial score (nSPS) is 10.3. The van der Waals surface area contributed by atoms with Gasteiger partial charge in [0.1, 0.15) is 0 Å². The third-order valence-corrected chi connectivity index (χ3v) is 3.86. The molecule has 1 N–H and O–H groups in total. The maximum absolute atomic E-state index is 5.21. The van der Waals surface area contributed by atoms with Crippen molar-refractivity contribution < 1.29 is 0 Å². The minimum Gasteiger partial charge on any atom is -0.349 e. The molecule has 0 fully saturated rings. The van der Waals surface area contributed by atoms with Gasteiger partial charge in [-0.15, -0.1) is 23.7 Å². The SMILES string of the molecule is C#CCCCCNCc1cnc(N(CC)CC)s1. The first kappa shape index (κ1) is 15.0. The lowest BCUT2D eigenvalue weighted by Crippen LogP contribution is -2.21. The zero-order valence-corrected chi connectivity index (χ0v) is 12.2. The minimum absolute atomic E-state index is 0.883. The van der Waals surface area contributed by atoms with E-state index in [-0.39, 0.29) is 0 Å². The Balaban J connectivity index is 2.25. The van der Waals surface area contributed by atoms with Crippen molar-refractivity contribution in [1.82, 2.24) is 10.3 Å². The van der Waals surface area contributed by atoms with Gasteiger partial charge in [0.05, 0.1) is 0 Å². The van der Waals surface area contributed by atoms with Gasteiger partial charge >= 0.3 is 0 Å². The fourth-order valence-corrected chi connectivity index (χ4v) is 2.71. The third kappa shape index (κ3) is 5.07. The molecule has 1 heterocycles. The number of hydrogen-bond donors (Lipinski definition) is 1. The van der Waals surface area contributed by atoms with E-state index in [1.165, 1.54) is 4.88 Å². The van der Waals surface area contributed by atoms with E-state index in [0.717, 1.165) is 50.6 Å². The summed E-state index contributed by atoms with van der Waals surface area (Å²) in [5.41, 5.74) is 0. The smallest absolute Gasteiger partial charge is 0.185 e. The first-order chi connectivity index (χ1) is 8.81. The molecular formula is C14H23N3S. The topological polar surface area (TPSA) is 28.2 Å². The van der Waals surface area contributed by atoms with Crippen molar-refractivity contribution in [3.63, 3.8) is 0 Å². The second-order valence-electron chi connectivity index (χ2n) is 4.12. The standard InChI is InChI=1S/C14H23N3S/c1-4-7-8-9-10-15-11-13-12-16-14(18-13)17(5-2)6-3/h1,12,15H,5-11H2,2-3H3. The van der Waals surface area contributed by atoms with Crippen molar-refractivity contribution in [1.29, 1.82) is 0 Å². The molecule has 0 atom stereocenters. The summed E-state index contributed by atoms with van der Waals surface area (Å²) in [6.45, 7) is 8.30. The van der Waals surface area contributed by atoms with E-state index in [1.807, 2.05) is 6.20 Å². The molecule has 1 aromatic rings. The predicted molar refractivity (Wildman–Crippen MR) is 80.1 cm³/mol. The highest BCUT2D eigenvalue weighted by Gasteiger charge is 2.06. The molecule has 0 aliphatic rings. The molecule has 0 spiro atoms. The van der Waals surface area contributed by atoms with Crippen LogP contribution in [-0.2, 0) is 6.54 Å². The average Bonchev–Trinajstić information content (AvgIpc) is 2.84. The number of unbranched alkanes of at least 4 members (excludes halogenated alkanes) is 2. The van der Waals surface area contributed by atoms with Crippen molar-refractivity contribution in [2.45, 2.75) is 39.7 Å². The fraction of sp³-hybridized carbons (Fsp3) is 0.643. The van der Waals surface area contributed by atoms with Gasteiger partial charge in [0, 0.05) is 37.1 Å². The number of hydrogen-bond acceptors (Lipinski definition) is 4. The molecule has 100 valence electrons. The van der Waals surface area contributed by atoms with Gasteiger partial charge in [-0.2, -0.15) is 0 Å². The van der Waals surface area contributed by atoms with E-state index in [0.29, 0.717) is 0 Å². The van der Waals surface area contributed by atoms with E-state index in [9.17, 15) is 0 Å². The van der Waals surface area contributed by atoms with Crippen LogP contribution < -0.4 is 10.2 Å². The Morgan fingerprint density at radius 2 is 2.17 bits per heavy atom. The zero-order chi connectivity index (χ0) is 13.2. The van der Waals surface area contributed by atoms with Gasteiger partial charge in [-0.25, -0.2) is 4.98 Å². The van der Waals surface area contributed by atoms with Crippen LogP contribution in [0.15, 0.2) is 6.20 Å². The Labute approximate surface area is 115 Å². The van der Waals surface area contributed by atoms with Crippen LogP contribution in [0.5, 0.6) is 0 Å². The van der Waals surface area contributed by atoms with Crippen LogP contribution in [0.1, 0.15) is 38.0 Å². The van der Waals surface area contributed by atoms with Gasteiger partial charge in [-0.05, 0) is 33.2 Å². The molecule has 1 rings (SSSR count). The minimum atomic E-state index is 0.883. The lowest BCUT2D eigenvalue weighted by molar-refractivity contribution is 0.633. The van der Waals surface area contributed by atoms with Crippen LogP contribution in [0.25, 0.3) is 0 Å². The summed E-state index contributed by atoms with van der Waals surface area (Å²) in [7, 11) is 0. The van der Waals surface area contributed by atoms with Crippen molar-refractivity contribution in [2.24, 2.45) is 0 Å². The number of aromatic nitrogens is 1. The maximum atomic E-state index is 5.21. The number of thiazole rings is 1. The van der Waals surface area contributed by atoms with Gasteiger partial charge in [0.2, 0.25) is 0 Å². The Morgan fingerprint density at radius 1 is 1.39 bits per heavy atom. The summed E-state index contributed by atoms with van der Waals surface area (Å²) in [6, 6.07) is 0. The largest absolute Gasteiger partial charge is 0.349 e. The van der Waals surface area contributed by atoms with E-state index in [4.69, 9.17) is 6.42 Å². The zero-order valence-electron chi connectivity index (χ0n) is 11.4. The lowest BCUT2D eigenvalue weighted by atomic mass is 10.2. The quantitative estimate of drug-likeness (QED) is 0.550. The molecule has 3 nitrogen and oxygen atoms in total. The molecule has 0 aliphatic heterocycles. The van der Waals surface area contributed by atoms with Gasteiger partial charge in [-0.1, -0.05) is 0 Å². The molecular weight excluding hydrogens is 242 g/mol. The third-order valence-electron chi connectivity index (χ3n) is 2.80. The number of rotatable bonds is 9. The van der Waals surface area contributed by atoms with Crippen LogP contribution in [0.2, 0.25) is 0 Å². The van der Waals surface area contributed by atoms with Crippen LogP contribution in [0.3, 0.4) is 0 Å². The summed E-state index contributed by atoms with van der Waals surface area (Å²) < 4.78 is 0. The van der Waals surface area contributed by atoms with Crippen molar-refractivity contribution in [3.8, 4) is 12.3 Å². The lowest BCUT2D eigenvalue weighted by Gasteiger charge is -2.16. The molecule has 0 amide bonds. The molecule has 18 heavy (non-hydrogen) atoms. The van der Waals surface area contributed by atoms with E-state index >= 15 is 0 Å². The Hall–Kier alpha value is -1.05. The molecule has 0 unspecified atom stereocenters. The number of nitrogens with zero attached hydrogens (tertiary/aromatic N) is 2. The molecule has 0 saturated carbocycles. The van der Waals surface area contributed by atoms with Crippen LogP contribution in [0, 0.1) is 12.3 Å². The molecule has 0 radical (unpaired) electrons. The fourth-order valence-electron chi connectivity index (χ4n) is 1.71. The molecule has 0 aliphatic carbocycles. The number of nitrogens with one attached hydrogen (secondary N) is 1. The van der Waals surface area contributed by atoms with Gasteiger partial charge in [0.15, 0.2) is 5.13 Å². The van der Waals surface area contributed by atoms with Gasteiger partial charge in [0.25, 0.3) is 0 Å². The second-order valence-corrected chi connectivity index (χ2v) is 5.21. The van der Waals surface area contributed by atoms with E-state index < -0.39 is 0 Å². The van der Waals surface area contributed by atoms with Crippen molar-refractivity contribution in [3.05, 3.63) is 11.1 Å². The maximum Gasteiger partial charge on any atom is 0.185 e. The van der Waals surface area contributed by atoms with Crippen LogP contribution >= 0.6 is 11.3 Å². The van der Waals surface area contributed by atoms with Crippen LogP contribution in [-0.4, -0.2) is 24.6 Å². The highest BCUT2D eigenvalue weighted by molar-refractivity contribution is 7.15. The summed E-state index contributed by atoms with van der Waals surface area (Å²) in [5.74, 6) is 2.66. The first-order valence-electron chi connectivity index (χ1n) is 6.65. The molecule has 0 bridgehead atoms. The average molecular weight is 265 g/mol. The highest BCUT2D eigenvalue weighted by Crippen LogP contribution is 2.21. The predicted octanol–water partition coefficient (Wildman–Crippen LogP) is 2.88. The first-order valence-corrected chi connectivity index (χ1v) is 7.47. The van der Waals surface area contributed by atoms with E-state index in [2.05, 4.69) is 35.0 Å². The molecule has 0 saturated heterocycles. The number of anilines is 1. The molecule has 4 heteroatoms. The van der Waals surface area contributed by atoms with Gasteiger partial charge in [-0.3, -0.25) is 0 Å². The van der Waals surface area contributed by atoms with Crippen LogP contribution in [0.4, 0.5) is 5.13 Å². The van der Waals surface area contributed by atoms with E-state index in [1.54, 1.807) is 11.3 Å². The summed E-state index contributed by atoms with van der Waals surface area (Å²) in [5, 5.41) is 4.56. The Bertz CT molecular complexity index is 363. The molecule has 0 aromatic carbocycles. The van der Waals surface area contributed by atoms with Crippen molar-refractivity contribution >= 4 is 16.5 Å². The molecule has 1 aromatic heterocycles. The summed E-state index contributed by atoms with van der Waals surface area (Å²) >= 11 is 1.78. The van der Waals surface area contributed by atoms with Gasteiger partial charge < -0.3 is 10.2 Å². The second kappa shape index (κ2) is 8.96. The highest BCUT2D eigenvalue weighted by atomic mass is 32.1. The summed E-state index contributed by atoms with van der Waals surface area (Å²) in [6.07, 6.45) is 10.3. The number of terminal acetylenes is 1. The summed E-state index contributed by atoms with van der Waals surface area (Å²) in [4.78, 5) is 8.04. The van der Waals surface area contributed by atoms with Crippen molar-refractivity contribution in [2.75, 3.05) is 24.5 Å².